The Morgan fingerprint density at radius 2 is 0.830 bits per heavy atom. The van der Waals surface area contributed by atoms with Crippen molar-refractivity contribution in [3.05, 3.63) is 269 Å². The molecule has 16 rings (SSSR count). The molecule has 4 N–H and O–H groups in total. The van der Waals surface area contributed by atoms with Crippen molar-refractivity contribution in [1.82, 2.24) is 35.6 Å². The third kappa shape index (κ3) is 16.8. The largest absolute Gasteiger partial charge is 0.508 e. The van der Waals surface area contributed by atoms with Gasteiger partial charge in [0.05, 0.1) is 14.6 Å². The monoisotopic (exact) mass is 1460 g/mol. The summed E-state index contributed by atoms with van der Waals surface area (Å²) in [5.74, 6) is 10.9. The summed E-state index contributed by atoms with van der Waals surface area (Å²) < 4.78 is 33.8. The Morgan fingerprint density at radius 1 is 0.453 bits per heavy atom. The summed E-state index contributed by atoms with van der Waals surface area (Å²) in [6.07, 6.45) is 15.4. The van der Waals surface area contributed by atoms with Crippen LogP contribution >= 0.6 is 34.0 Å². The third-order valence-corrected chi connectivity index (χ3v) is 21.4. The van der Waals surface area contributed by atoms with Gasteiger partial charge in [0.25, 0.3) is 0 Å². The second-order valence-corrected chi connectivity index (χ2v) is 30.0. The number of phenols is 3. The molecule has 0 spiro atoms. The first-order valence-electron chi connectivity index (χ1n) is 35.5. The molecule has 106 heavy (non-hydrogen) atoms. The Morgan fingerprint density at radius 3 is 1.20 bits per heavy atom. The summed E-state index contributed by atoms with van der Waals surface area (Å²) in [7, 11) is 0. The minimum absolute atomic E-state index is 0.248. The summed E-state index contributed by atoms with van der Waals surface area (Å²) in [5, 5.41) is 56.5. The normalized spacial score (nSPS) is 12.4. The number of aromatic amines is 1. The highest BCUT2D eigenvalue weighted by molar-refractivity contribution is 7.23. The molecule has 0 saturated heterocycles. The Hall–Kier alpha value is -11.7. The van der Waals surface area contributed by atoms with Crippen LogP contribution < -0.4 is 14.2 Å². The molecule has 0 unspecified atom stereocenters. The zero-order valence-electron chi connectivity index (χ0n) is 59.9. The number of benzene rings is 9. The van der Waals surface area contributed by atoms with Crippen LogP contribution in [0.3, 0.4) is 0 Å². The number of nitrogens with one attached hydrogen (secondary N) is 1. The number of thiophene rings is 3. The van der Waals surface area contributed by atoms with Gasteiger partial charge < -0.3 is 38.4 Å². The van der Waals surface area contributed by atoms with Crippen LogP contribution in [0.2, 0.25) is 0 Å². The third-order valence-electron chi connectivity index (χ3n) is 17.9. The van der Waals surface area contributed by atoms with Crippen LogP contribution in [0.25, 0.3) is 98.0 Å². The highest BCUT2D eigenvalue weighted by atomic mass is 32.1. The molecule has 9 aromatic carbocycles. The molecule has 6 heterocycles. The first-order valence-corrected chi connectivity index (χ1v) is 38.0. The number of hydrogen-bond acceptors (Lipinski definition) is 17. The summed E-state index contributed by atoms with van der Waals surface area (Å²) in [5.41, 5.74) is 10.3. The molecule has 532 valence electrons. The number of aromatic nitrogens is 7. The van der Waals surface area contributed by atoms with Crippen molar-refractivity contribution < 1.29 is 38.4 Å². The molecule has 15 aromatic rings. The SMILES string of the molecule is CC(C)c1ccccc1-c1sc2cc(O)ccc2c1Oc1ccc(/C=C/c2nnc(C3CC3)o2)cc1.CCCc1nnc(/C=C/c2ccc(Oc3c(-c4ccccc4C(C)C)sc4cc(O)ccc34)cc2)o1.Cc1nc(/C=C/c2ccc(Oc3c(-c4ccccc4C(C)C)sc4cc(O)ccc34)cc2)n[nH]1. The van der Waals surface area contributed by atoms with E-state index in [1.165, 1.54) is 16.7 Å². The zero-order chi connectivity index (χ0) is 73.4. The van der Waals surface area contributed by atoms with Crippen molar-refractivity contribution in [2.24, 2.45) is 0 Å². The Kier molecular flexibility index (Phi) is 21.6. The van der Waals surface area contributed by atoms with Gasteiger partial charge in [-0.3, -0.25) is 5.10 Å². The van der Waals surface area contributed by atoms with E-state index < -0.39 is 0 Å². The van der Waals surface area contributed by atoms with Crippen molar-refractivity contribution in [1.29, 1.82) is 0 Å². The van der Waals surface area contributed by atoms with Crippen molar-refractivity contribution in [2.75, 3.05) is 0 Å². The van der Waals surface area contributed by atoms with E-state index in [9.17, 15) is 15.3 Å². The van der Waals surface area contributed by atoms with Crippen LogP contribution in [-0.4, -0.2) is 50.9 Å². The van der Waals surface area contributed by atoms with E-state index in [1.54, 1.807) is 70.4 Å². The van der Waals surface area contributed by atoms with E-state index in [-0.39, 0.29) is 17.2 Å². The first kappa shape index (κ1) is 71.3. The lowest BCUT2D eigenvalue weighted by atomic mass is 9.96. The molecule has 6 aromatic heterocycles. The van der Waals surface area contributed by atoms with Crippen molar-refractivity contribution in [3.8, 4) is 83.1 Å². The number of aromatic hydroxyl groups is 3. The fraction of sp³-hybridized carbons (Fsp3) is 0.182. The second-order valence-electron chi connectivity index (χ2n) is 26.9. The predicted molar refractivity (Wildman–Crippen MR) is 431 cm³/mol. The fourth-order valence-electron chi connectivity index (χ4n) is 12.3. The van der Waals surface area contributed by atoms with Gasteiger partial charge in [-0.05, 0) is 203 Å². The van der Waals surface area contributed by atoms with Gasteiger partial charge in [-0.1, -0.05) is 164 Å². The van der Waals surface area contributed by atoms with Crippen LogP contribution in [0.5, 0.6) is 51.7 Å². The summed E-state index contributed by atoms with van der Waals surface area (Å²) >= 11 is 4.92. The number of ether oxygens (including phenoxy) is 3. The van der Waals surface area contributed by atoms with Crippen LogP contribution in [0.15, 0.2) is 209 Å². The molecule has 1 aliphatic rings. The highest BCUT2D eigenvalue weighted by Gasteiger charge is 2.29. The molecular weight excluding hydrogens is 1380 g/mol. The molecule has 0 amide bonds. The van der Waals surface area contributed by atoms with Gasteiger partial charge >= 0.3 is 0 Å². The maximum Gasteiger partial charge on any atom is 0.240 e. The number of H-pyrrole nitrogens is 1. The number of rotatable bonds is 21. The van der Waals surface area contributed by atoms with E-state index >= 15 is 0 Å². The standard InChI is InChI=1S/C30H26N2O3S.C30H28N2O3S.C28H25N3O2S/c1-18(2)23-5-3-4-6-24(23)29-28(25-15-12-21(33)17-26(25)36-29)34-22-13-7-19(8-14-22)9-16-27-31-32-30(35-27)20-10-11-20;1-4-7-27-31-32-28(35-27)17-12-20-10-14-22(15-11-20)34-29-25-16-13-21(33)18-26(25)36-30(29)24-9-6-5-8-23(24)19(2)3;1-17(2)22-6-4-5-7-23(22)28-27(24-14-11-20(32)16-25(24)34-28)33-21-12-8-19(9-13-21)10-15-26-29-18(3)30-31-26/h3-9,12-18,20,33H,10-11H2,1-2H3;5-6,8-19,33H,4,7H2,1-3H3;4-17,32H,1-3H3,(H,29,30,31)/b16-9+;17-12+;15-10+. The lowest BCUT2D eigenvalue weighted by Gasteiger charge is -2.14. The van der Waals surface area contributed by atoms with Crippen molar-refractivity contribution >= 4 is 101 Å². The average molecular weight is 1460 g/mol. The number of fused-ring (bicyclic) bond motifs is 3. The van der Waals surface area contributed by atoms with E-state index in [0.29, 0.717) is 47.2 Å². The van der Waals surface area contributed by atoms with E-state index in [1.807, 2.05) is 134 Å². The van der Waals surface area contributed by atoms with E-state index in [2.05, 4.69) is 157 Å². The summed E-state index contributed by atoms with van der Waals surface area (Å²) in [4.78, 5) is 7.48. The first-order chi connectivity index (χ1) is 51.5. The molecule has 0 radical (unpaired) electrons. The second kappa shape index (κ2) is 32.1. The van der Waals surface area contributed by atoms with Gasteiger partial charge in [0.1, 0.15) is 40.3 Å². The fourth-order valence-corrected chi connectivity index (χ4v) is 16.0. The molecule has 1 aliphatic carbocycles. The molecule has 15 nitrogen and oxygen atoms in total. The quantitative estimate of drug-likeness (QED) is 0.0528. The minimum atomic E-state index is 0.248. The van der Waals surface area contributed by atoms with Crippen LogP contribution in [-0.2, 0) is 6.42 Å². The number of hydrogen-bond donors (Lipinski definition) is 4. The predicted octanol–water partition coefficient (Wildman–Crippen LogP) is 25.1. The molecule has 0 bridgehead atoms. The molecule has 0 aliphatic heterocycles. The molecule has 1 fully saturated rings. The average Bonchev–Trinajstić information content (AvgIpc) is 1.63. The van der Waals surface area contributed by atoms with Gasteiger partial charge in [0.2, 0.25) is 23.6 Å². The molecule has 18 heteroatoms. The van der Waals surface area contributed by atoms with Crippen molar-refractivity contribution in [3.63, 3.8) is 0 Å². The summed E-state index contributed by atoms with van der Waals surface area (Å²) in [6, 6.07) is 65.4. The van der Waals surface area contributed by atoms with Crippen LogP contribution in [0.1, 0.15) is 160 Å². The van der Waals surface area contributed by atoms with Crippen LogP contribution in [0, 0.1) is 6.92 Å². The molecular formula is C88H79N7O8S3. The van der Waals surface area contributed by atoms with E-state index in [0.717, 1.165) is 150 Å². The van der Waals surface area contributed by atoms with Crippen molar-refractivity contribution in [2.45, 2.75) is 105 Å². The lowest BCUT2D eigenvalue weighted by Crippen LogP contribution is -1.92. The Labute approximate surface area is 627 Å². The van der Waals surface area contributed by atoms with Gasteiger partial charge in [-0.2, -0.15) is 5.10 Å². The van der Waals surface area contributed by atoms with Gasteiger partial charge in [-0.25, -0.2) is 4.98 Å². The number of phenolic OH excluding ortho intramolecular Hbond substituents is 3. The van der Waals surface area contributed by atoms with Gasteiger partial charge in [0.15, 0.2) is 23.1 Å². The Balaban J connectivity index is 0.000000134. The summed E-state index contributed by atoms with van der Waals surface area (Å²) in [6.45, 7) is 17.2. The maximum atomic E-state index is 10.1. The smallest absolute Gasteiger partial charge is 0.240 e. The topological polar surface area (TPSA) is 208 Å². The highest BCUT2D eigenvalue weighted by Crippen LogP contribution is 2.52. The zero-order valence-corrected chi connectivity index (χ0v) is 62.4. The molecule has 0 atom stereocenters. The van der Waals surface area contributed by atoms with Gasteiger partial charge in [-0.15, -0.1) is 54.4 Å². The van der Waals surface area contributed by atoms with Crippen LogP contribution in [0.4, 0.5) is 0 Å². The minimum Gasteiger partial charge on any atom is -0.508 e. The lowest BCUT2D eigenvalue weighted by molar-refractivity contribution is 0.475. The van der Waals surface area contributed by atoms with E-state index in [4.69, 9.17) is 23.0 Å². The van der Waals surface area contributed by atoms with Gasteiger partial charge in [0, 0.05) is 54.7 Å². The number of aryl methyl sites for hydroxylation is 2. The molecule has 1 saturated carbocycles. The Bertz CT molecular complexity index is 5660. The number of nitrogens with zero attached hydrogens (tertiary/aromatic N) is 6. The maximum absolute atomic E-state index is 10.1.